The third-order valence-corrected chi connectivity index (χ3v) is 12.7. The summed E-state index contributed by atoms with van der Waals surface area (Å²) in [5, 5.41) is 5.05. The molecule has 0 unspecified atom stereocenters. The second kappa shape index (κ2) is 14.4. The summed E-state index contributed by atoms with van der Waals surface area (Å²) >= 11 is 0. The van der Waals surface area contributed by atoms with E-state index in [1.54, 1.807) is 0 Å². The van der Waals surface area contributed by atoms with Crippen molar-refractivity contribution in [2.45, 2.75) is 19.3 Å². The van der Waals surface area contributed by atoms with Crippen LogP contribution in [0.2, 0.25) is 0 Å². The molecule has 11 rings (SSSR count). The Bertz CT molecular complexity index is 3190. The number of fused-ring (bicyclic) bond motifs is 5. The van der Waals surface area contributed by atoms with Gasteiger partial charge in [0.25, 0.3) is 0 Å². The van der Waals surface area contributed by atoms with Gasteiger partial charge in [-0.3, -0.25) is 0 Å². The topological polar surface area (TPSA) is 3.24 Å². The van der Waals surface area contributed by atoms with Gasteiger partial charge in [-0.15, -0.1) is 0 Å². The molecular formula is C59H43N. The van der Waals surface area contributed by atoms with Crippen LogP contribution in [-0.2, 0) is 5.41 Å². The zero-order valence-corrected chi connectivity index (χ0v) is 33.8. The lowest BCUT2D eigenvalue weighted by Gasteiger charge is -2.28. The van der Waals surface area contributed by atoms with E-state index in [0.29, 0.717) is 0 Å². The van der Waals surface area contributed by atoms with Crippen molar-refractivity contribution in [1.29, 1.82) is 0 Å². The Morgan fingerprint density at radius 3 is 1.53 bits per heavy atom. The van der Waals surface area contributed by atoms with Crippen molar-refractivity contribution < 1.29 is 0 Å². The van der Waals surface area contributed by atoms with Gasteiger partial charge in [0.2, 0.25) is 0 Å². The van der Waals surface area contributed by atoms with Crippen LogP contribution >= 0.6 is 0 Å². The van der Waals surface area contributed by atoms with Gasteiger partial charge in [-0.2, -0.15) is 0 Å². The lowest BCUT2D eigenvalue weighted by atomic mass is 9.81. The molecule has 0 atom stereocenters. The molecular weight excluding hydrogens is 723 g/mol. The molecule has 10 aromatic carbocycles. The SMILES string of the molecule is CC1(C)c2cc(N(c3ccc(-c4ccccc4)cc3)c3ccc(-c4ccc5ccccc5c4-c4ccccc4)cc3)ccc2-c2c(-c3cccc4ccccc34)cccc21. The quantitative estimate of drug-likeness (QED) is 0.156. The molecule has 0 aliphatic heterocycles. The molecule has 0 heterocycles. The maximum atomic E-state index is 2.44. The molecule has 0 bridgehead atoms. The Labute approximate surface area is 352 Å². The fourth-order valence-electron chi connectivity index (χ4n) is 9.70. The highest BCUT2D eigenvalue weighted by molar-refractivity contribution is 6.05. The summed E-state index contributed by atoms with van der Waals surface area (Å²) in [6.45, 7) is 4.77. The molecule has 0 aromatic heterocycles. The predicted molar refractivity (Wildman–Crippen MR) is 255 cm³/mol. The highest BCUT2D eigenvalue weighted by Crippen LogP contribution is 2.54. The van der Waals surface area contributed by atoms with Crippen molar-refractivity contribution in [3.8, 4) is 55.6 Å². The second-order valence-corrected chi connectivity index (χ2v) is 16.5. The summed E-state index contributed by atoms with van der Waals surface area (Å²) in [6.07, 6.45) is 0. The second-order valence-electron chi connectivity index (χ2n) is 16.5. The standard InChI is InChI=1S/C59H43N/c1-59(2)55-26-14-25-53(52-24-13-21-42-17-9-11-22-49(42)52)58(55)54-38-36-48(39-56(54)59)60(46-32-27-41(28-33-46)40-15-5-3-6-16-40)47-34-29-44(30-35-47)51-37-31-43-18-10-12-23-50(43)57(51)45-19-7-4-8-20-45/h3-39H,1-2H3. The Morgan fingerprint density at radius 1 is 0.300 bits per heavy atom. The summed E-state index contributed by atoms with van der Waals surface area (Å²) in [4.78, 5) is 2.42. The first-order chi connectivity index (χ1) is 29.5. The molecule has 284 valence electrons. The van der Waals surface area contributed by atoms with Crippen molar-refractivity contribution in [3.05, 3.63) is 236 Å². The lowest BCUT2D eigenvalue weighted by Crippen LogP contribution is -2.16. The number of benzene rings is 10. The summed E-state index contributed by atoms with van der Waals surface area (Å²) in [7, 11) is 0. The number of nitrogens with zero attached hydrogens (tertiary/aromatic N) is 1. The zero-order chi connectivity index (χ0) is 40.2. The van der Waals surface area contributed by atoms with E-state index in [4.69, 9.17) is 0 Å². The van der Waals surface area contributed by atoms with Crippen LogP contribution in [0, 0.1) is 0 Å². The Balaban J connectivity index is 1.05. The number of hydrogen-bond acceptors (Lipinski definition) is 1. The van der Waals surface area contributed by atoms with E-state index in [0.717, 1.165) is 17.1 Å². The highest BCUT2D eigenvalue weighted by Gasteiger charge is 2.37. The van der Waals surface area contributed by atoms with Crippen molar-refractivity contribution in [3.63, 3.8) is 0 Å². The maximum absolute atomic E-state index is 2.44. The van der Waals surface area contributed by atoms with Crippen LogP contribution in [0.25, 0.3) is 77.2 Å². The Hall–Kier alpha value is -7.48. The molecule has 60 heavy (non-hydrogen) atoms. The fraction of sp³-hybridized carbons (Fsp3) is 0.0508. The maximum Gasteiger partial charge on any atom is 0.0465 e. The van der Waals surface area contributed by atoms with Crippen LogP contribution in [0.3, 0.4) is 0 Å². The van der Waals surface area contributed by atoms with E-state index in [1.165, 1.54) is 88.3 Å². The summed E-state index contributed by atoms with van der Waals surface area (Å²) in [6, 6.07) is 82.3. The largest absolute Gasteiger partial charge is 0.310 e. The third kappa shape index (κ3) is 5.93. The molecule has 10 aromatic rings. The number of hydrogen-bond donors (Lipinski definition) is 0. The minimum absolute atomic E-state index is 0.197. The van der Waals surface area contributed by atoms with Crippen molar-refractivity contribution in [2.24, 2.45) is 0 Å². The van der Waals surface area contributed by atoms with Crippen LogP contribution < -0.4 is 4.90 Å². The molecule has 1 heteroatoms. The Kier molecular flexibility index (Phi) is 8.57. The molecule has 0 saturated carbocycles. The van der Waals surface area contributed by atoms with Gasteiger partial charge in [-0.1, -0.05) is 202 Å². The van der Waals surface area contributed by atoms with Crippen molar-refractivity contribution in [2.75, 3.05) is 4.90 Å². The van der Waals surface area contributed by atoms with Gasteiger partial charge in [0.1, 0.15) is 0 Å². The molecule has 0 spiro atoms. The predicted octanol–water partition coefficient (Wildman–Crippen LogP) is 16.4. The van der Waals surface area contributed by atoms with Gasteiger partial charge in [0.15, 0.2) is 0 Å². The van der Waals surface area contributed by atoms with Crippen molar-refractivity contribution >= 4 is 38.6 Å². The monoisotopic (exact) mass is 765 g/mol. The smallest absolute Gasteiger partial charge is 0.0465 e. The lowest BCUT2D eigenvalue weighted by molar-refractivity contribution is 0.660. The normalized spacial score (nSPS) is 12.6. The molecule has 1 nitrogen and oxygen atoms in total. The minimum atomic E-state index is -0.197. The average molecular weight is 766 g/mol. The molecule has 0 amide bonds. The average Bonchev–Trinajstić information content (AvgIpc) is 3.55. The summed E-state index contributed by atoms with van der Waals surface area (Å²) in [5.74, 6) is 0. The number of rotatable bonds is 7. The van der Waals surface area contributed by atoms with E-state index >= 15 is 0 Å². The van der Waals surface area contributed by atoms with Gasteiger partial charge >= 0.3 is 0 Å². The zero-order valence-electron chi connectivity index (χ0n) is 33.8. The van der Waals surface area contributed by atoms with E-state index in [1.807, 2.05) is 0 Å². The number of anilines is 3. The fourth-order valence-corrected chi connectivity index (χ4v) is 9.70. The summed E-state index contributed by atoms with van der Waals surface area (Å²) in [5.41, 5.74) is 18.4. The highest BCUT2D eigenvalue weighted by atomic mass is 15.1. The van der Waals surface area contributed by atoms with E-state index in [-0.39, 0.29) is 5.41 Å². The summed E-state index contributed by atoms with van der Waals surface area (Å²) < 4.78 is 0. The molecule has 0 fully saturated rings. The van der Waals surface area contributed by atoms with Crippen LogP contribution in [-0.4, -0.2) is 0 Å². The molecule has 1 aliphatic carbocycles. The molecule has 1 aliphatic rings. The van der Waals surface area contributed by atoms with Gasteiger partial charge in [-0.05, 0) is 125 Å². The van der Waals surface area contributed by atoms with E-state index < -0.39 is 0 Å². The van der Waals surface area contributed by atoms with Crippen LogP contribution in [0.4, 0.5) is 17.1 Å². The van der Waals surface area contributed by atoms with Crippen LogP contribution in [0.1, 0.15) is 25.0 Å². The first-order valence-corrected chi connectivity index (χ1v) is 20.9. The Morgan fingerprint density at radius 2 is 0.817 bits per heavy atom. The molecule has 0 N–H and O–H groups in total. The first kappa shape index (κ1) is 35.7. The van der Waals surface area contributed by atoms with Gasteiger partial charge < -0.3 is 4.90 Å². The van der Waals surface area contributed by atoms with Crippen LogP contribution in [0.5, 0.6) is 0 Å². The minimum Gasteiger partial charge on any atom is -0.310 e. The van der Waals surface area contributed by atoms with Gasteiger partial charge in [0, 0.05) is 22.5 Å². The van der Waals surface area contributed by atoms with Gasteiger partial charge in [-0.25, -0.2) is 0 Å². The molecule has 0 saturated heterocycles. The van der Waals surface area contributed by atoms with Crippen LogP contribution in [0.15, 0.2) is 224 Å². The van der Waals surface area contributed by atoms with Crippen molar-refractivity contribution in [1.82, 2.24) is 0 Å². The molecule has 0 radical (unpaired) electrons. The van der Waals surface area contributed by atoms with E-state index in [9.17, 15) is 0 Å². The van der Waals surface area contributed by atoms with E-state index in [2.05, 4.69) is 243 Å². The third-order valence-electron chi connectivity index (χ3n) is 12.7. The first-order valence-electron chi connectivity index (χ1n) is 20.9. The van der Waals surface area contributed by atoms with Gasteiger partial charge in [0.05, 0.1) is 0 Å².